The first-order chi connectivity index (χ1) is 12.7. The van der Waals surface area contributed by atoms with Crippen molar-refractivity contribution >= 4 is 5.91 Å². The summed E-state index contributed by atoms with van der Waals surface area (Å²) in [6.45, 7) is 6.38. The largest absolute Gasteiger partial charge is 0.469 e. The molecule has 138 valence electrons. The topological polar surface area (TPSA) is 45.5 Å². The number of hydrogen-bond donors (Lipinski definition) is 1. The maximum absolute atomic E-state index is 12.3. The van der Waals surface area contributed by atoms with E-state index in [1.54, 1.807) is 6.26 Å². The zero-order valence-corrected chi connectivity index (χ0v) is 15.5. The first kappa shape index (κ1) is 17.3. The Bertz CT molecular complexity index is 723. The van der Waals surface area contributed by atoms with Crippen molar-refractivity contribution in [2.45, 2.75) is 45.2 Å². The van der Waals surface area contributed by atoms with Gasteiger partial charge in [0.25, 0.3) is 0 Å². The highest BCUT2D eigenvalue weighted by Crippen LogP contribution is 2.47. The minimum Gasteiger partial charge on any atom is -0.469 e. The Morgan fingerprint density at radius 2 is 2.04 bits per heavy atom. The lowest BCUT2D eigenvalue weighted by Crippen LogP contribution is -2.33. The molecule has 3 unspecified atom stereocenters. The number of nitrogens with zero attached hydrogens (tertiary/aromatic N) is 1. The predicted octanol–water partition coefficient (Wildman–Crippen LogP) is 3.93. The van der Waals surface area contributed by atoms with Crippen LogP contribution in [0.2, 0.25) is 0 Å². The Labute approximate surface area is 155 Å². The molecule has 1 saturated carbocycles. The second-order valence-corrected chi connectivity index (χ2v) is 7.98. The number of carbonyl (C=O) groups is 1. The molecule has 1 aliphatic heterocycles. The van der Waals surface area contributed by atoms with E-state index in [1.165, 1.54) is 31.5 Å². The van der Waals surface area contributed by atoms with Gasteiger partial charge in [-0.1, -0.05) is 31.2 Å². The number of hydrogen-bond acceptors (Lipinski definition) is 3. The van der Waals surface area contributed by atoms with E-state index in [0.717, 1.165) is 30.2 Å². The molecule has 1 aliphatic carbocycles. The molecule has 2 heterocycles. The van der Waals surface area contributed by atoms with E-state index >= 15 is 0 Å². The molecule has 1 N–H and O–H groups in total. The molecule has 1 saturated heterocycles. The lowest BCUT2D eigenvalue weighted by atomic mass is 9.99. The molecule has 4 nitrogen and oxygen atoms in total. The van der Waals surface area contributed by atoms with E-state index in [-0.39, 0.29) is 17.7 Å². The minimum absolute atomic E-state index is 0.0708. The molecule has 1 amide bonds. The number of nitrogens with one attached hydrogen (secondary N) is 1. The van der Waals surface area contributed by atoms with Crippen molar-refractivity contribution in [1.82, 2.24) is 10.2 Å². The van der Waals surface area contributed by atoms with Gasteiger partial charge in [-0.05, 0) is 55.0 Å². The summed E-state index contributed by atoms with van der Waals surface area (Å²) < 4.78 is 5.40. The van der Waals surface area contributed by atoms with Gasteiger partial charge in [0, 0.05) is 31.5 Å². The first-order valence-corrected chi connectivity index (χ1v) is 9.80. The zero-order chi connectivity index (χ0) is 17.9. The van der Waals surface area contributed by atoms with Gasteiger partial charge < -0.3 is 9.73 Å². The monoisotopic (exact) mass is 352 g/mol. The van der Waals surface area contributed by atoms with Crippen LogP contribution in [0, 0.1) is 11.8 Å². The summed E-state index contributed by atoms with van der Waals surface area (Å²) in [5, 5.41) is 3.07. The Morgan fingerprint density at radius 1 is 1.23 bits per heavy atom. The third-order valence-corrected chi connectivity index (χ3v) is 5.67. The second kappa shape index (κ2) is 7.67. The van der Waals surface area contributed by atoms with Crippen molar-refractivity contribution in [1.29, 1.82) is 0 Å². The molecule has 2 aromatic rings. The van der Waals surface area contributed by atoms with Crippen LogP contribution < -0.4 is 5.32 Å². The Kier molecular flexibility index (Phi) is 5.11. The molecule has 3 atom stereocenters. The van der Waals surface area contributed by atoms with Crippen LogP contribution in [-0.2, 0) is 17.9 Å². The van der Waals surface area contributed by atoms with Crippen LogP contribution in [0.25, 0.3) is 0 Å². The van der Waals surface area contributed by atoms with Gasteiger partial charge >= 0.3 is 0 Å². The average Bonchev–Trinajstić information content (AvgIpc) is 3.26. The van der Waals surface area contributed by atoms with Gasteiger partial charge in [-0.3, -0.25) is 9.69 Å². The van der Waals surface area contributed by atoms with Crippen LogP contribution in [0.3, 0.4) is 0 Å². The SMILES string of the molecule is CC1CCCN(Cc2ccc(CNC(=O)C3CC3c3ccco3)cc2)C1. The van der Waals surface area contributed by atoms with E-state index in [4.69, 9.17) is 4.42 Å². The fourth-order valence-electron chi connectivity index (χ4n) is 4.07. The lowest BCUT2D eigenvalue weighted by molar-refractivity contribution is -0.122. The summed E-state index contributed by atoms with van der Waals surface area (Å²) in [4.78, 5) is 14.8. The summed E-state index contributed by atoms with van der Waals surface area (Å²) in [5.74, 6) is 2.21. The molecule has 26 heavy (non-hydrogen) atoms. The molecule has 4 rings (SSSR count). The van der Waals surface area contributed by atoms with Crippen LogP contribution in [-0.4, -0.2) is 23.9 Å². The number of piperidine rings is 1. The van der Waals surface area contributed by atoms with Gasteiger partial charge in [-0.15, -0.1) is 0 Å². The maximum atomic E-state index is 12.3. The third kappa shape index (κ3) is 4.18. The number of benzene rings is 1. The molecule has 4 heteroatoms. The number of amides is 1. The van der Waals surface area contributed by atoms with Crippen molar-refractivity contribution in [3.8, 4) is 0 Å². The average molecular weight is 352 g/mol. The van der Waals surface area contributed by atoms with Gasteiger partial charge in [0.05, 0.1) is 6.26 Å². The van der Waals surface area contributed by atoms with E-state index < -0.39 is 0 Å². The predicted molar refractivity (Wildman–Crippen MR) is 102 cm³/mol. The molecular weight excluding hydrogens is 324 g/mol. The highest BCUT2D eigenvalue weighted by Gasteiger charge is 2.45. The highest BCUT2D eigenvalue weighted by atomic mass is 16.3. The van der Waals surface area contributed by atoms with E-state index in [0.29, 0.717) is 6.54 Å². The molecule has 2 fully saturated rings. The number of carbonyl (C=O) groups excluding carboxylic acids is 1. The van der Waals surface area contributed by atoms with E-state index in [9.17, 15) is 4.79 Å². The van der Waals surface area contributed by atoms with E-state index in [2.05, 4.69) is 41.4 Å². The quantitative estimate of drug-likeness (QED) is 0.857. The summed E-state index contributed by atoms with van der Waals surface area (Å²) in [6.07, 6.45) is 5.24. The summed E-state index contributed by atoms with van der Waals surface area (Å²) in [7, 11) is 0. The normalized spacial score (nSPS) is 25.8. The Morgan fingerprint density at radius 3 is 2.77 bits per heavy atom. The van der Waals surface area contributed by atoms with Crippen molar-refractivity contribution in [2.24, 2.45) is 11.8 Å². The maximum Gasteiger partial charge on any atom is 0.224 e. The third-order valence-electron chi connectivity index (χ3n) is 5.67. The number of likely N-dealkylation sites (tertiary alicyclic amines) is 1. The molecule has 2 aliphatic rings. The van der Waals surface area contributed by atoms with Gasteiger partial charge in [0.1, 0.15) is 5.76 Å². The van der Waals surface area contributed by atoms with E-state index in [1.807, 2.05) is 12.1 Å². The van der Waals surface area contributed by atoms with Crippen LogP contribution in [0.5, 0.6) is 0 Å². The van der Waals surface area contributed by atoms with Gasteiger partial charge in [0.2, 0.25) is 5.91 Å². The molecule has 0 spiro atoms. The van der Waals surface area contributed by atoms with Gasteiger partial charge in [-0.2, -0.15) is 0 Å². The zero-order valence-electron chi connectivity index (χ0n) is 15.5. The smallest absolute Gasteiger partial charge is 0.224 e. The van der Waals surface area contributed by atoms with Crippen LogP contribution in [0.15, 0.2) is 47.1 Å². The van der Waals surface area contributed by atoms with Crippen LogP contribution in [0.4, 0.5) is 0 Å². The van der Waals surface area contributed by atoms with Gasteiger partial charge in [0.15, 0.2) is 0 Å². The van der Waals surface area contributed by atoms with Crippen LogP contribution in [0.1, 0.15) is 49.0 Å². The van der Waals surface area contributed by atoms with Crippen LogP contribution >= 0.6 is 0 Å². The van der Waals surface area contributed by atoms with Crippen molar-refractivity contribution in [2.75, 3.05) is 13.1 Å². The number of rotatable bonds is 6. The molecular formula is C22H28N2O2. The Hall–Kier alpha value is -2.07. The number of furan rings is 1. The molecule has 0 radical (unpaired) electrons. The summed E-state index contributed by atoms with van der Waals surface area (Å²) in [5.41, 5.74) is 2.51. The molecule has 1 aromatic carbocycles. The van der Waals surface area contributed by atoms with Crippen molar-refractivity contribution in [3.63, 3.8) is 0 Å². The molecule has 0 bridgehead atoms. The first-order valence-electron chi connectivity index (χ1n) is 9.80. The van der Waals surface area contributed by atoms with Crippen molar-refractivity contribution in [3.05, 3.63) is 59.5 Å². The fraction of sp³-hybridized carbons (Fsp3) is 0.500. The highest BCUT2D eigenvalue weighted by molar-refractivity contribution is 5.82. The summed E-state index contributed by atoms with van der Waals surface area (Å²) in [6, 6.07) is 12.5. The molecule has 1 aromatic heterocycles. The standard InChI is InChI=1S/C22H28N2O2/c1-16-4-2-10-24(14-16)15-18-8-6-17(7-9-18)13-23-22(25)20-12-19(20)21-5-3-11-26-21/h3,5-9,11,16,19-20H,2,4,10,12-15H2,1H3,(H,23,25). The Balaban J connectivity index is 1.24. The lowest BCUT2D eigenvalue weighted by Gasteiger charge is -2.30. The fourth-order valence-corrected chi connectivity index (χ4v) is 4.07. The minimum atomic E-state index is 0.0708. The van der Waals surface area contributed by atoms with Crippen molar-refractivity contribution < 1.29 is 9.21 Å². The second-order valence-electron chi connectivity index (χ2n) is 7.98. The van der Waals surface area contributed by atoms with Gasteiger partial charge in [-0.25, -0.2) is 0 Å². The summed E-state index contributed by atoms with van der Waals surface area (Å²) >= 11 is 0.